The number of esters is 1. The molecular weight excluding hydrogens is 184 g/mol. The third kappa shape index (κ3) is 4.86. The Morgan fingerprint density at radius 2 is 2.25 bits per heavy atom. The van der Waals surface area contributed by atoms with Gasteiger partial charge in [0.1, 0.15) is 0 Å². The van der Waals surface area contributed by atoms with Crippen molar-refractivity contribution in [3.05, 3.63) is 12.8 Å². The SMILES string of the molecule is C=COC(=O)C(C)CS(=O)(=O)O. The van der Waals surface area contributed by atoms with Crippen molar-refractivity contribution in [2.24, 2.45) is 5.92 Å². The van der Waals surface area contributed by atoms with Crippen LogP contribution in [0, 0.1) is 5.92 Å². The first kappa shape index (κ1) is 11.1. The van der Waals surface area contributed by atoms with E-state index in [1.807, 2.05) is 0 Å². The molecule has 70 valence electrons. The first-order valence-electron chi connectivity index (χ1n) is 3.13. The zero-order chi connectivity index (χ0) is 9.78. The van der Waals surface area contributed by atoms with Crippen LogP contribution in [0.5, 0.6) is 0 Å². The topological polar surface area (TPSA) is 80.7 Å². The molecule has 0 saturated heterocycles. The number of ether oxygens (including phenoxy) is 1. The Hall–Kier alpha value is -0.880. The predicted molar refractivity (Wildman–Crippen MR) is 41.9 cm³/mol. The first-order valence-corrected chi connectivity index (χ1v) is 4.74. The maximum atomic E-state index is 10.8. The van der Waals surface area contributed by atoms with E-state index < -0.39 is 27.8 Å². The molecule has 0 rings (SSSR count). The van der Waals surface area contributed by atoms with E-state index in [9.17, 15) is 13.2 Å². The second-order valence-corrected chi connectivity index (χ2v) is 3.75. The van der Waals surface area contributed by atoms with E-state index in [2.05, 4.69) is 11.3 Å². The van der Waals surface area contributed by atoms with Crippen molar-refractivity contribution in [3.8, 4) is 0 Å². The van der Waals surface area contributed by atoms with E-state index in [0.717, 1.165) is 6.26 Å². The Morgan fingerprint density at radius 1 is 1.75 bits per heavy atom. The highest BCUT2D eigenvalue weighted by Gasteiger charge is 2.20. The summed E-state index contributed by atoms with van der Waals surface area (Å²) < 4.78 is 33.2. The quantitative estimate of drug-likeness (QED) is 0.392. The van der Waals surface area contributed by atoms with Gasteiger partial charge in [0.05, 0.1) is 17.9 Å². The van der Waals surface area contributed by atoms with E-state index in [0.29, 0.717) is 0 Å². The van der Waals surface area contributed by atoms with Gasteiger partial charge in [0.15, 0.2) is 0 Å². The van der Waals surface area contributed by atoms with E-state index in [1.54, 1.807) is 0 Å². The molecule has 12 heavy (non-hydrogen) atoms. The molecule has 0 radical (unpaired) electrons. The van der Waals surface area contributed by atoms with Crippen molar-refractivity contribution >= 4 is 16.1 Å². The van der Waals surface area contributed by atoms with Gasteiger partial charge < -0.3 is 4.74 Å². The van der Waals surface area contributed by atoms with Crippen LogP contribution in [0.2, 0.25) is 0 Å². The van der Waals surface area contributed by atoms with Crippen LogP contribution in [0.1, 0.15) is 6.92 Å². The molecule has 1 N–H and O–H groups in total. The fraction of sp³-hybridized carbons (Fsp3) is 0.500. The van der Waals surface area contributed by atoms with E-state index in [1.165, 1.54) is 6.92 Å². The minimum absolute atomic E-state index is 0.639. The molecule has 1 atom stereocenters. The lowest BCUT2D eigenvalue weighted by Crippen LogP contribution is -2.21. The summed E-state index contributed by atoms with van der Waals surface area (Å²) in [6.45, 7) is 4.46. The minimum atomic E-state index is -4.12. The molecule has 0 aliphatic rings. The lowest BCUT2D eigenvalue weighted by atomic mass is 10.2. The van der Waals surface area contributed by atoms with Crippen molar-refractivity contribution in [2.45, 2.75) is 6.92 Å². The minimum Gasteiger partial charge on any atom is -0.435 e. The van der Waals surface area contributed by atoms with Crippen molar-refractivity contribution in [2.75, 3.05) is 5.75 Å². The largest absolute Gasteiger partial charge is 0.435 e. The summed E-state index contributed by atoms with van der Waals surface area (Å²) in [6, 6.07) is 0. The Balaban J connectivity index is 4.13. The zero-order valence-electron chi connectivity index (χ0n) is 6.56. The van der Waals surface area contributed by atoms with Crippen LogP contribution in [0.15, 0.2) is 12.8 Å². The molecule has 0 aromatic carbocycles. The van der Waals surface area contributed by atoms with Gasteiger partial charge in [-0.3, -0.25) is 9.35 Å². The Bertz CT molecular complexity index is 266. The van der Waals surface area contributed by atoms with Gasteiger partial charge >= 0.3 is 5.97 Å². The highest BCUT2D eigenvalue weighted by Crippen LogP contribution is 2.02. The third-order valence-electron chi connectivity index (χ3n) is 1.06. The van der Waals surface area contributed by atoms with Gasteiger partial charge in [-0.05, 0) is 0 Å². The third-order valence-corrected chi connectivity index (χ3v) is 1.98. The van der Waals surface area contributed by atoms with Crippen LogP contribution >= 0.6 is 0 Å². The molecule has 6 heteroatoms. The maximum Gasteiger partial charge on any atom is 0.314 e. The number of carbonyl (C=O) groups excluding carboxylic acids is 1. The monoisotopic (exact) mass is 194 g/mol. The van der Waals surface area contributed by atoms with E-state index in [-0.39, 0.29) is 0 Å². The Kier molecular flexibility index (Phi) is 3.91. The van der Waals surface area contributed by atoms with Crippen molar-refractivity contribution in [1.29, 1.82) is 0 Å². The summed E-state index contributed by atoms with van der Waals surface area (Å²) in [5, 5.41) is 0. The molecule has 0 heterocycles. The van der Waals surface area contributed by atoms with Gasteiger partial charge in [0.25, 0.3) is 10.1 Å². The van der Waals surface area contributed by atoms with Gasteiger partial charge in [-0.15, -0.1) is 0 Å². The summed E-state index contributed by atoms with van der Waals surface area (Å²) in [4.78, 5) is 10.8. The van der Waals surface area contributed by atoms with Crippen LogP contribution in [-0.2, 0) is 19.6 Å². The molecule has 0 aliphatic carbocycles. The fourth-order valence-electron chi connectivity index (χ4n) is 0.582. The first-order chi connectivity index (χ1) is 5.37. The Morgan fingerprint density at radius 3 is 2.58 bits per heavy atom. The van der Waals surface area contributed by atoms with Crippen LogP contribution in [-0.4, -0.2) is 24.7 Å². The molecule has 0 aromatic rings. The second-order valence-electron chi connectivity index (χ2n) is 2.25. The fourth-order valence-corrected chi connectivity index (χ4v) is 1.35. The Labute approximate surface area is 70.8 Å². The smallest absolute Gasteiger partial charge is 0.314 e. The lowest BCUT2D eigenvalue weighted by molar-refractivity contribution is -0.141. The highest BCUT2D eigenvalue weighted by atomic mass is 32.2. The van der Waals surface area contributed by atoms with Gasteiger partial charge in [-0.25, -0.2) is 0 Å². The molecule has 0 bridgehead atoms. The summed E-state index contributed by atoms with van der Waals surface area (Å²) in [6.07, 6.45) is 0.906. The summed E-state index contributed by atoms with van der Waals surface area (Å²) >= 11 is 0. The van der Waals surface area contributed by atoms with Gasteiger partial charge in [-0.1, -0.05) is 13.5 Å². The van der Waals surface area contributed by atoms with Crippen LogP contribution in [0.3, 0.4) is 0 Å². The van der Waals surface area contributed by atoms with Crippen LogP contribution < -0.4 is 0 Å². The number of rotatable bonds is 4. The van der Waals surface area contributed by atoms with E-state index >= 15 is 0 Å². The van der Waals surface area contributed by atoms with Crippen molar-refractivity contribution in [3.63, 3.8) is 0 Å². The van der Waals surface area contributed by atoms with Gasteiger partial charge in [0, 0.05) is 0 Å². The number of carbonyl (C=O) groups is 1. The molecule has 0 saturated carbocycles. The maximum absolute atomic E-state index is 10.8. The standard InChI is InChI=1S/C6H10O5S/c1-3-11-6(7)5(2)4-12(8,9)10/h3,5H,1,4H2,2H3,(H,8,9,10). The molecule has 0 spiro atoms. The van der Waals surface area contributed by atoms with Gasteiger partial charge in [0.2, 0.25) is 0 Å². The molecule has 5 nitrogen and oxygen atoms in total. The van der Waals surface area contributed by atoms with Gasteiger partial charge in [-0.2, -0.15) is 8.42 Å². The summed E-state index contributed by atoms with van der Waals surface area (Å²) in [5.74, 6) is -2.26. The number of hydrogen-bond donors (Lipinski definition) is 1. The molecule has 1 unspecified atom stereocenters. The average molecular weight is 194 g/mol. The summed E-state index contributed by atoms with van der Waals surface area (Å²) in [5.41, 5.74) is 0. The lowest BCUT2D eigenvalue weighted by Gasteiger charge is -2.05. The molecule has 0 aromatic heterocycles. The van der Waals surface area contributed by atoms with Crippen molar-refractivity contribution < 1.29 is 22.5 Å². The number of hydrogen-bond acceptors (Lipinski definition) is 4. The molecule has 0 aliphatic heterocycles. The second kappa shape index (κ2) is 4.22. The summed E-state index contributed by atoms with van der Waals surface area (Å²) in [7, 11) is -4.12. The molecule has 0 amide bonds. The average Bonchev–Trinajstić information content (AvgIpc) is 1.84. The molecule has 0 fully saturated rings. The van der Waals surface area contributed by atoms with Crippen molar-refractivity contribution in [1.82, 2.24) is 0 Å². The van der Waals surface area contributed by atoms with E-state index in [4.69, 9.17) is 4.55 Å². The van der Waals surface area contributed by atoms with Crippen LogP contribution in [0.25, 0.3) is 0 Å². The zero-order valence-corrected chi connectivity index (χ0v) is 7.37. The van der Waals surface area contributed by atoms with Crippen LogP contribution in [0.4, 0.5) is 0 Å². The molecular formula is C6H10O5S. The normalized spacial score (nSPS) is 13.5. The predicted octanol–water partition coefficient (Wildman–Crippen LogP) is 0.197. The highest BCUT2D eigenvalue weighted by molar-refractivity contribution is 7.85.